The fourth-order valence-corrected chi connectivity index (χ4v) is 3.04. The molecule has 2 aliphatic rings. The van der Waals surface area contributed by atoms with Crippen molar-refractivity contribution in [1.29, 1.82) is 0 Å². The maximum atomic E-state index is 12.3. The molecule has 0 radical (unpaired) electrons. The van der Waals surface area contributed by atoms with E-state index in [9.17, 15) is 14.7 Å². The van der Waals surface area contributed by atoms with E-state index in [1.54, 1.807) is 16.8 Å². The van der Waals surface area contributed by atoms with Gasteiger partial charge in [-0.2, -0.15) is 0 Å². The fourth-order valence-electron chi connectivity index (χ4n) is 3.04. The zero-order chi connectivity index (χ0) is 14.0. The van der Waals surface area contributed by atoms with Crippen LogP contribution in [0.25, 0.3) is 0 Å². The molecule has 0 aromatic carbocycles. The molecule has 0 spiro atoms. The molecule has 19 heavy (non-hydrogen) atoms. The molecule has 2 rings (SSSR count). The Labute approximate surface area is 113 Å². The number of hydrogen-bond acceptors (Lipinski definition) is 3. The van der Waals surface area contributed by atoms with Gasteiger partial charge in [-0.1, -0.05) is 0 Å². The van der Waals surface area contributed by atoms with E-state index in [-0.39, 0.29) is 24.6 Å². The highest BCUT2D eigenvalue weighted by Gasteiger charge is 2.34. The van der Waals surface area contributed by atoms with Gasteiger partial charge in [-0.3, -0.25) is 4.79 Å². The van der Waals surface area contributed by atoms with Gasteiger partial charge < -0.3 is 20.0 Å². The molecule has 1 aliphatic heterocycles. The van der Waals surface area contributed by atoms with Crippen LogP contribution in [-0.2, 0) is 4.79 Å². The summed E-state index contributed by atoms with van der Waals surface area (Å²) in [7, 11) is 1.75. The van der Waals surface area contributed by atoms with Gasteiger partial charge in [0.1, 0.15) is 0 Å². The van der Waals surface area contributed by atoms with E-state index in [1.165, 1.54) is 0 Å². The van der Waals surface area contributed by atoms with Crippen LogP contribution in [-0.4, -0.2) is 64.3 Å². The summed E-state index contributed by atoms with van der Waals surface area (Å²) in [4.78, 5) is 26.4. The summed E-state index contributed by atoms with van der Waals surface area (Å²) in [5.41, 5.74) is 0. The number of urea groups is 1. The topological polar surface area (TPSA) is 81.1 Å². The van der Waals surface area contributed by atoms with Gasteiger partial charge in [-0.25, -0.2) is 4.79 Å². The Bertz CT molecular complexity index is 355. The van der Waals surface area contributed by atoms with Gasteiger partial charge in [0.25, 0.3) is 0 Å². The molecule has 0 aromatic rings. The minimum atomic E-state index is -0.852. The number of aliphatic hydroxyl groups excluding tert-OH is 1. The van der Waals surface area contributed by atoms with Crippen molar-refractivity contribution in [3.05, 3.63) is 0 Å². The highest BCUT2D eigenvalue weighted by Crippen LogP contribution is 2.28. The lowest BCUT2D eigenvalue weighted by atomic mass is 9.82. The van der Waals surface area contributed by atoms with Gasteiger partial charge in [0.05, 0.1) is 12.5 Å². The van der Waals surface area contributed by atoms with Crippen molar-refractivity contribution in [1.82, 2.24) is 9.80 Å². The van der Waals surface area contributed by atoms with Crippen molar-refractivity contribution < 1.29 is 19.8 Å². The Morgan fingerprint density at radius 2 is 2.05 bits per heavy atom. The van der Waals surface area contributed by atoms with Gasteiger partial charge >= 0.3 is 12.0 Å². The summed E-state index contributed by atoms with van der Waals surface area (Å²) in [6, 6.07) is -0.246. The summed E-state index contributed by atoms with van der Waals surface area (Å²) in [6.45, 7) is 1.29. The number of aliphatic carboxylic acids is 1. The molecule has 2 amide bonds. The number of nitrogens with zero attached hydrogens (tertiary/aromatic N) is 2. The molecule has 6 heteroatoms. The van der Waals surface area contributed by atoms with Crippen LogP contribution < -0.4 is 0 Å². The predicted octanol–water partition coefficient (Wildman–Crippen LogP) is 0.748. The van der Waals surface area contributed by atoms with Crippen molar-refractivity contribution in [3.8, 4) is 0 Å². The molecule has 2 fully saturated rings. The molecule has 1 saturated carbocycles. The van der Waals surface area contributed by atoms with Crippen LogP contribution in [0.1, 0.15) is 32.1 Å². The predicted molar refractivity (Wildman–Crippen MR) is 68.7 cm³/mol. The number of aliphatic hydroxyl groups is 1. The van der Waals surface area contributed by atoms with Crippen molar-refractivity contribution in [2.45, 2.75) is 44.2 Å². The van der Waals surface area contributed by atoms with E-state index in [0.29, 0.717) is 19.0 Å². The van der Waals surface area contributed by atoms with Crippen LogP contribution in [0.15, 0.2) is 0 Å². The van der Waals surface area contributed by atoms with Gasteiger partial charge in [-0.15, -0.1) is 0 Å². The maximum absolute atomic E-state index is 12.3. The highest BCUT2D eigenvalue weighted by atomic mass is 16.4. The van der Waals surface area contributed by atoms with Crippen molar-refractivity contribution in [3.63, 3.8) is 0 Å². The molecule has 0 aromatic heterocycles. The Morgan fingerprint density at radius 3 is 2.63 bits per heavy atom. The molecule has 0 bridgehead atoms. The summed E-state index contributed by atoms with van der Waals surface area (Å²) in [6.07, 6.45) is 2.99. The average molecular weight is 270 g/mol. The molecule has 6 nitrogen and oxygen atoms in total. The summed E-state index contributed by atoms with van der Waals surface area (Å²) in [5, 5.41) is 18.1. The monoisotopic (exact) mass is 270 g/mol. The highest BCUT2D eigenvalue weighted by molar-refractivity contribution is 5.76. The first-order chi connectivity index (χ1) is 8.97. The van der Waals surface area contributed by atoms with Crippen molar-refractivity contribution in [2.24, 2.45) is 5.92 Å². The second-order valence-electron chi connectivity index (χ2n) is 5.74. The van der Waals surface area contributed by atoms with E-state index in [0.717, 1.165) is 25.7 Å². The fraction of sp³-hybridized carbons (Fsp3) is 0.846. The lowest BCUT2D eigenvalue weighted by molar-refractivity contribution is -0.138. The molecule has 1 heterocycles. The number of carboxylic acid groups (broad SMARTS) is 1. The van der Waals surface area contributed by atoms with E-state index >= 15 is 0 Å². The molecule has 1 aliphatic carbocycles. The van der Waals surface area contributed by atoms with Gasteiger partial charge in [0, 0.05) is 26.2 Å². The molecule has 1 atom stereocenters. The number of hydrogen-bond donors (Lipinski definition) is 2. The number of carbonyl (C=O) groups is 2. The summed E-state index contributed by atoms with van der Waals surface area (Å²) in [5.74, 6) is -0.473. The Balaban J connectivity index is 1.85. The van der Waals surface area contributed by atoms with Gasteiger partial charge in [-0.05, 0) is 31.6 Å². The molecule has 108 valence electrons. The normalized spacial score (nSPS) is 30.0. The smallest absolute Gasteiger partial charge is 0.320 e. The third kappa shape index (κ3) is 3.37. The van der Waals surface area contributed by atoms with Crippen LogP contribution in [0.3, 0.4) is 0 Å². The van der Waals surface area contributed by atoms with E-state index in [4.69, 9.17) is 5.11 Å². The van der Waals surface area contributed by atoms with Crippen LogP contribution >= 0.6 is 0 Å². The number of carbonyl (C=O) groups excluding carboxylic acids is 1. The van der Waals surface area contributed by atoms with Crippen LogP contribution in [0.5, 0.6) is 0 Å². The minimum Gasteiger partial charge on any atom is -0.481 e. The molecule has 1 saturated heterocycles. The first-order valence-corrected chi connectivity index (χ1v) is 6.89. The lowest BCUT2D eigenvalue weighted by Crippen LogP contribution is -2.47. The lowest BCUT2D eigenvalue weighted by Gasteiger charge is -2.36. The number of likely N-dealkylation sites (tertiary alicyclic amines) is 1. The van der Waals surface area contributed by atoms with Gasteiger partial charge in [0.2, 0.25) is 0 Å². The molecular formula is C13H22N2O4. The third-order valence-electron chi connectivity index (χ3n) is 4.10. The second kappa shape index (κ2) is 5.77. The average Bonchev–Trinajstić information content (AvgIpc) is 2.73. The molecule has 2 N–H and O–H groups in total. The Hall–Kier alpha value is -1.30. The molecular weight excluding hydrogens is 248 g/mol. The van der Waals surface area contributed by atoms with Crippen LogP contribution in [0, 0.1) is 5.92 Å². The van der Waals surface area contributed by atoms with Crippen LogP contribution in [0.4, 0.5) is 4.79 Å². The summed E-state index contributed by atoms with van der Waals surface area (Å²) < 4.78 is 0. The van der Waals surface area contributed by atoms with Gasteiger partial charge in [0.15, 0.2) is 0 Å². The van der Waals surface area contributed by atoms with E-state index in [1.807, 2.05) is 0 Å². The number of rotatable bonds is 4. The standard InChI is InChI=1S/C13H22N2O4/c1-14(8-9-5-11(16)6-9)13(19)15-4-2-3-10(15)7-12(17)18/h9-11,16H,2-8H2,1H3,(H,17,18). The molecule has 1 unspecified atom stereocenters. The van der Waals surface area contributed by atoms with Crippen molar-refractivity contribution >= 4 is 12.0 Å². The quantitative estimate of drug-likeness (QED) is 0.790. The van der Waals surface area contributed by atoms with E-state index in [2.05, 4.69) is 0 Å². The largest absolute Gasteiger partial charge is 0.481 e. The Kier molecular flexibility index (Phi) is 4.29. The third-order valence-corrected chi connectivity index (χ3v) is 4.10. The SMILES string of the molecule is CN(CC1CC(O)C1)C(=O)N1CCCC1CC(=O)O. The second-order valence-corrected chi connectivity index (χ2v) is 5.74. The first-order valence-electron chi connectivity index (χ1n) is 6.89. The zero-order valence-electron chi connectivity index (χ0n) is 11.3. The van der Waals surface area contributed by atoms with E-state index < -0.39 is 5.97 Å². The van der Waals surface area contributed by atoms with Crippen molar-refractivity contribution in [2.75, 3.05) is 20.1 Å². The number of amides is 2. The first kappa shape index (κ1) is 14.1. The van der Waals surface area contributed by atoms with Crippen LogP contribution in [0.2, 0.25) is 0 Å². The minimum absolute atomic E-state index is 0.0295. The zero-order valence-corrected chi connectivity index (χ0v) is 11.3. The maximum Gasteiger partial charge on any atom is 0.320 e. The Morgan fingerprint density at radius 1 is 1.37 bits per heavy atom. The number of carboxylic acids is 1. The summed E-state index contributed by atoms with van der Waals surface area (Å²) >= 11 is 0.